The number of carboxylic acids is 1. The number of hydrogen-bond donors (Lipinski definition) is 2. The Hall–Kier alpha value is -4.30. The summed E-state index contributed by atoms with van der Waals surface area (Å²) in [5, 5.41) is 12.1. The maximum atomic E-state index is 12.9. The molecule has 9 heteroatoms. The van der Waals surface area contributed by atoms with Crippen LogP contribution in [-0.4, -0.2) is 29.6 Å². The average Bonchev–Trinajstić information content (AvgIpc) is 3.12. The molecule has 1 aliphatic rings. The zero-order chi connectivity index (χ0) is 24.9. The number of nitrogens with one attached hydrogen (secondary N) is 1. The van der Waals surface area contributed by atoms with Crippen LogP contribution in [0.5, 0.6) is 11.5 Å². The number of anilines is 1. The summed E-state index contributed by atoms with van der Waals surface area (Å²) < 4.78 is 11.6. The SMILES string of the molecule is CCOc1cc(/C=C2/NC(=O)N(c3ccc(Cl)cc3)C2=O)ccc1OCc1ccc(C(=O)O)cc1. The summed E-state index contributed by atoms with van der Waals surface area (Å²) in [6.45, 7) is 2.44. The average molecular weight is 493 g/mol. The minimum atomic E-state index is -0.992. The second kappa shape index (κ2) is 10.3. The number of halogens is 1. The molecule has 0 unspecified atom stereocenters. The van der Waals surface area contributed by atoms with E-state index in [1.165, 1.54) is 12.1 Å². The Morgan fingerprint density at radius 1 is 1.00 bits per heavy atom. The van der Waals surface area contributed by atoms with Gasteiger partial charge in [-0.1, -0.05) is 29.8 Å². The summed E-state index contributed by atoms with van der Waals surface area (Å²) in [6, 6.07) is 17.4. The summed E-state index contributed by atoms with van der Waals surface area (Å²) in [5.74, 6) is -0.523. The van der Waals surface area contributed by atoms with Gasteiger partial charge in [-0.05, 0) is 72.7 Å². The molecule has 0 bridgehead atoms. The number of ether oxygens (including phenoxy) is 2. The van der Waals surface area contributed by atoms with E-state index in [2.05, 4.69) is 5.32 Å². The molecule has 1 saturated heterocycles. The fraction of sp³-hybridized carbons (Fsp3) is 0.115. The second-order valence-corrected chi connectivity index (χ2v) is 7.97. The molecule has 0 aliphatic carbocycles. The lowest BCUT2D eigenvalue weighted by Crippen LogP contribution is -2.30. The molecular weight excluding hydrogens is 472 g/mol. The Morgan fingerprint density at radius 2 is 1.71 bits per heavy atom. The van der Waals surface area contributed by atoms with Gasteiger partial charge in [0.1, 0.15) is 12.3 Å². The molecule has 0 atom stereocenters. The summed E-state index contributed by atoms with van der Waals surface area (Å²) >= 11 is 5.90. The van der Waals surface area contributed by atoms with Gasteiger partial charge in [-0.3, -0.25) is 4.79 Å². The molecule has 0 aromatic heterocycles. The van der Waals surface area contributed by atoms with E-state index in [1.807, 2.05) is 6.92 Å². The highest BCUT2D eigenvalue weighted by Crippen LogP contribution is 2.31. The molecule has 4 rings (SSSR count). The highest BCUT2D eigenvalue weighted by molar-refractivity contribution is 6.31. The van der Waals surface area contributed by atoms with Gasteiger partial charge in [0.2, 0.25) is 0 Å². The monoisotopic (exact) mass is 492 g/mol. The standard InChI is InChI=1S/C26H21ClN2O6/c1-2-34-23-14-17(5-12-22(23)35-15-16-3-6-18(7-4-16)25(31)32)13-21-24(30)29(26(33)28-21)20-10-8-19(27)9-11-20/h3-14H,2,15H2,1H3,(H,28,33)(H,31,32)/b21-13+. The van der Waals surface area contributed by atoms with Crippen molar-refractivity contribution in [3.05, 3.63) is 94.1 Å². The van der Waals surface area contributed by atoms with Crippen molar-refractivity contribution in [2.75, 3.05) is 11.5 Å². The largest absolute Gasteiger partial charge is 0.490 e. The van der Waals surface area contributed by atoms with Crippen LogP contribution >= 0.6 is 11.6 Å². The number of imide groups is 1. The van der Waals surface area contributed by atoms with Gasteiger partial charge in [0.05, 0.1) is 17.9 Å². The Morgan fingerprint density at radius 3 is 2.37 bits per heavy atom. The van der Waals surface area contributed by atoms with Crippen molar-refractivity contribution < 1.29 is 29.0 Å². The smallest absolute Gasteiger partial charge is 0.335 e. The minimum Gasteiger partial charge on any atom is -0.490 e. The predicted molar refractivity (Wildman–Crippen MR) is 131 cm³/mol. The maximum absolute atomic E-state index is 12.9. The third-order valence-electron chi connectivity index (χ3n) is 5.14. The minimum absolute atomic E-state index is 0.125. The van der Waals surface area contributed by atoms with Crippen molar-refractivity contribution in [1.29, 1.82) is 0 Å². The number of aromatic carboxylic acids is 1. The second-order valence-electron chi connectivity index (χ2n) is 7.54. The molecule has 1 fully saturated rings. The molecule has 1 heterocycles. The Kier molecular flexibility index (Phi) is 7.03. The first kappa shape index (κ1) is 23.8. The van der Waals surface area contributed by atoms with E-state index in [0.717, 1.165) is 10.5 Å². The number of nitrogens with zero attached hydrogens (tertiary/aromatic N) is 1. The lowest BCUT2D eigenvalue weighted by Gasteiger charge is -2.13. The maximum Gasteiger partial charge on any atom is 0.335 e. The van der Waals surface area contributed by atoms with E-state index < -0.39 is 17.9 Å². The van der Waals surface area contributed by atoms with Crippen LogP contribution in [0, 0.1) is 0 Å². The van der Waals surface area contributed by atoms with Crippen molar-refractivity contribution >= 4 is 41.3 Å². The number of benzene rings is 3. The van der Waals surface area contributed by atoms with Gasteiger partial charge in [-0.2, -0.15) is 0 Å². The van der Waals surface area contributed by atoms with Crippen molar-refractivity contribution in [2.24, 2.45) is 0 Å². The topological polar surface area (TPSA) is 105 Å². The first-order chi connectivity index (χ1) is 16.9. The van der Waals surface area contributed by atoms with Crippen LogP contribution in [0.1, 0.15) is 28.4 Å². The third kappa shape index (κ3) is 5.44. The zero-order valence-corrected chi connectivity index (χ0v) is 19.4. The molecule has 2 N–H and O–H groups in total. The van der Waals surface area contributed by atoms with Gasteiger partial charge in [0.25, 0.3) is 5.91 Å². The van der Waals surface area contributed by atoms with Crippen molar-refractivity contribution in [1.82, 2.24) is 5.32 Å². The summed E-state index contributed by atoms with van der Waals surface area (Å²) in [7, 11) is 0. The molecule has 1 aliphatic heterocycles. The van der Waals surface area contributed by atoms with E-state index in [0.29, 0.717) is 34.4 Å². The van der Waals surface area contributed by atoms with Gasteiger partial charge in [-0.25, -0.2) is 14.5 Å². The first-order valence-electron chi connectivity index (χ1n) is 10.7. The fourth-order valence-electron chi connectivity index (χ4n) is 3.43. The van der Waals surface area contributed by atoms with Gasteiger partial charge < -0.3 is 19.9 Å². The summed E-state index contributed by atoms with van der Waals surface area (Å²) in [6.07, 6.45) is 1.56. The number of carboxylic acid groups (broad SMARTS) is 1. The van der Waals surface area contributed by atoms with Crippen LogP contribution < -0.4 is 19.7 Å². The lowest BCUT2D eigenvalue weighted by atomic mass is 10.1. The van der Waals surface area contributed by atoms with E-state index in [-0.39, 0.29) is 17.9 Å². The van der Waals surface area contributed by atoms with Crippen molar-refractivity contribution in [3.63, 3.8) is 0 Å². The van der Waals surface area contributed by atoms with Gasteiger partial charge in [-0.15, -0.1) is 0 Å². The molecule has 3 aromatic rings. The van der Waals surface area contributed by atoms with Crippen LogP contribution in [-0.2, 0) is 11.4 Å². The number of rotatable bonds is 8. The van der Waals surface area contributed by atoms with Crippen molar-refractivity contribution in [3.8, 4) is 11.5 Å². The molecule has 0 saturated carbocycles. The Labute approximate surface area is 206 Å². The first-order valence-corrected chi connectivity index (χ1v) is 11.1. The highest BCUT2D eigenvalue weighted by Gasteiger charge is 2.34. The normalized spacial score (nSPS) is 14.2. The quantitative estimate of drug-likeness (QED) is 0.334. The summed E-state index contributed by atoms with van der Waals surface area (Å²) in [5.41, 5.74) is 2.16. The highest BCUT2D eigenvalue weighted by atomic mass is 35.5. The van der Waals surface area contributed by atoms with Crippen molar-refractivity contribution in [2.45, 2.75) is 13.5 Å². The van der Waals surface area contributed by atoms with Crippen LogP contribution in [0.25, 0.3) is 6.08 Å². The van der Waals surface area contributed by atoms with E-state index >= 15 is 0 Å². The molecule has 35 heavy (non-hydrogen) atoms. The molecule has 0 radical (unpaired) electrons. The lowest BCUT2D eigenvalue weighted by molar-refractivity contribution is -0.113. The summed E-state index contributed by atoms with van der Waals surface area (Å²) in [4.78, 5) is 37.3. The molecular formula is C26H21ClN2O6. The molecule has 178 valence electrons. The molecule has 3 aromatic carbocycles. The predicted octanol–water partition coefficient (Wildman–Crippen LogP) is 5.11. The van der Waals surface area contributed by atoms with E-state index in [4.69, 9.17) is 26.2 Å². The zero-order valence-electron chi connectivity index (χ0n) is 18.7. The third-order valence-corrected chi connectivity index (χ3v) is 5.39. The van der Waals surface area contributed by atoms with Gasteiger partial charge >= 0.3 is 12.0 Å². The number of carbonyl (C=O) groups is 3. The van der Waals surface area contributed by atoms with Crippen LogP contribution in [0.2, 0.25) is 5.02 Å². The number of urea groups is 1. The Balaban J connectivity index is 1.52. The van der Waals surface area contributed by atoms with E-state index in [1.54, 1.807) is 60.7 Å². The number of carbonyl (C=O) groups excluding carboxylic acids is 2. The van der Waals surface area contributed by atoms with Crippen LogP contribution in [0.3, 0.4) is 0 Å². The van der Waals surface area contributed by atoms with Gasteiger partial charge in [0, 0.05) is 5.02 Å². The van der Waals surface area contributed by atoms with Crippen LogP contribution in [0.4, 0.5) is 10.5 Å². The molecule has 0 spiro atoms. The van der Waals surface area contributed by atoms with Crippen LogP contribution in [0.15, 0.2) is 72.4 Å². The molecule has 8 nitrogen and oxygen atoms in total. The Bertz CT molecular complexity index is 1300. The number of hydrogen-bond acceptors (Lipinski definition) is 5. The fourth-order valence-corrected chi connectivity index (χ4v) is 3.56. The van der Waals surface area contributed by atoms with Gasteiger partial charge in [0.15, 0.2) is 11.5 Å². The molecule has 3 amide bonds. The van der Waals surface area contributed by atoms with E-state index in [9.17, 15) is 14.4 Å². The number of amides is 3.